The minimum atomic E-state index is -0.0387. The molecule has 0 aromatic carbocycles. The third-order valence-corrected chi connectivity index (χ3v) is 3.96. The van der Waals surface area contributed by atoms with Gasteiger partial charge in [-0.15, -0.1) is 0 Å². The molecule has 3 heterocycles. The summed E-state index contributed by atoms with van der Waals surface area (Å²) in [7, 11) is 1.90. The Morgan fingerprint density at radius 1 is 1.41 bits per heavy atom. The fraction of sp³-hybridized carbons (Fsp3) is 0.467. The van der Waals surface area contributed by atoms with Crippen molar-refractivity contribution in [3.05, 3.63) is 41.5 Å². The molecule has 0 bridgehead atoms. The van der Waals surface area contributed by atoms with Crippen LogP contribution in [0.5, 0.6) is 0 Å². The number of hydrogen-bond acceptors (Lipinski definition) is 5. The molecule has 0 radical (unpaired) electrons. The lowest BCUT2D eigenvalue weighted by Gasteiger charge is -2.33. The van der Waals surface area contributed by atoms with Crippen molar-refractivity contribution in [1.82, 2.24) is 24.9 Å². The zero-order valence-electron chi connectivity index (χ0n) is 12.8. The number of ether oxygens (including phenoxy) is 1. The summed E-state index contributed by atoms with van der Waals surface area (Å²) in [6, 6.07) is 1.69. The van der Waals surface area contributed by atoms with Crippen LogP contribution < -0.4 is 0 Å². The van der Waals surface area contributed by atoms with Gasteiger partial charge in [0.05, 0.1) is 43.0 Å². The second-order valence-corrected chi connectivity index (χ2v) is 5.34. The second-order valence-electron chi connectivity index (χ2n) is 5.34. The molecule has 0 saturated carbocycles. The average Bonchev–Trinajstić information content (AvgIpc) is 2.94. The van der Waals surface area contributed by atoms with Gasteiger partial charge < -0.3 is 9.64 Å². The third kappa shape index (κ3) is 2.71. The first-order valence-corrected chi connectivity index (χ1v) is 7.35. The van der Waals surface area contributed by atoms with Gasteiger partial charge in [0, 0.05) is 31.7 Å². The number of aryl methyl sites for hydroxylation is 1. The molecule has 7 nitrogen and oxygen atoms in total. The van der Waals surface area contributed by atoms with E-state index in [0.717, 1.165) is 5.69 Å². The summed E-state index contributed by atoms with van der Waals surface area (Å²) in [5, 5.41) is 11.8. The van der Waals surface area contributed by atoms with Crippen molar-refractivity contribution in [2.24, 2.45) is 7.05 Å². The van der Waals surface area contributed by atoms with Crippen molar-refractivity contribution in [2.75, 3.05) is 19.8 Å². The van der Waals surface area contributed by atoms with E-state index in [1.54, 1.807) is 6.07 Å². The Bertz CT molecular complexity index is 655. The fourth-order valence-corrected chi connectivity index (χ4v) is 2.78. The molecule has 22 heavy (non-hydrogen) atoms. The van der Waals surface area contributed by atoms with Gasteiger partial charge in [-0.1, -0.05) is 0 Å². The van der Waals surface area contributed by atoms with Gasteiger partial charge in [-0.05, 0) is 13.0 Å². The first-order valence-electron chi connectivity index (χ1n) is 7.35. The van der Waals surface area contributed by atoms with Crippen LogP contribution in [0.25, 0.3) is 0 Å². The predicted molar refractivity (Wildman–Crippen MR) is 79.2 cm³/mol. The van der Waals surface area contributed by atoms with Crippen molar-refractivity contribution < 1.29 is 9.53 Å². The van der Waals surface area contributed by atoms with E-state index in [2.05, 4.69) is 15.3 Å². The summed E-state index contributed by atoms with van der Waals surface area (Å²) >= 11 is 0. The Hall–Kier alpha value is -2.28. The molecule has 0 saturated heterocycles. The van der Waals surface area contributed by atoms with Crippen LogP contribution in [0.2, 0.25) is 0 Å². The summed E-state index contributed by atoms with van der Waals surface area (Å²) in [5.74, 6) is 0.111. The molecule has 0 unspecified atom stereocenters. The number of rotatable bonds is 4. The number of aromatic nitrogens is 4. The monoisotopic (exact) mass is 301 g/mol. The quantitative estimate of drug-likeness (QED) is 0.842. The van der Waals surface area contributed by atoms with Crippen molar-refractivity contribution in [1.29, 1.82) is 0 Å². The summed E-state index contributed by atoms with van der Waals surface area (Å²) in [5.41, 5.74) is 2.79. The van der Waals surface area contributed by atoms with Crippen LogP contribution in [-0.2, 0) is 18.3 Å². The average molecular weight is 301 g/mol. The molecule has 1 aliphatic heterocycles. The Morgan fingerprint density at radius 2 is 2.27 bits per heavy atom. The van der Waals surface area contributed by atoms with Gasteiger partial charge in [0.15, 0.2) is 0 Å². The third-order valence-electron chi connectivity index (χ3n) is 3.96. The number of amides is 1. The topological polar surface area (TPSA) is 73.1 Å². The van der Waals surface area contributed by atoms with Gasteiger partial charge in [0.2, 0.25) is 0 Å². The molecule has 0 aliphatic carbocycles. The van der Waals surface area contributed by atoms with Crippen LogP contribution in [0.4, 0.5) is 0 Å². The molecule has 1 amide bonds. The molecule has 7 heteroatoms. The first-order chi connectivity index (χ1) is 10.7. The highest BCUT2D eigenvalue weighted by atomic mass is 16.5. The SMILES string of the molecule is CCOC[C@@H]1CN(C(=O)c2ccnnc2)Cc2c1cnn2C. The number of fused-ring (bicyclic) bond motifs is 1. The van der Waals surface area contributed by atoms with Gasteiger partial charge in [0.1, 0.15) is 0 Å². The van der Waals surface area contributed by atoms with Crippen molar-refractivity contribution in [2.45, 2.75) is 19.4 Å². The molecule has 0 N–H and O–H groups in total. The van der Waals surface area contributed by atoms with E-state index >= 15 is 0 Å². The van der Waals surface area contributed by atoms with E-state index in [9.17, 15) is 4.79 Å². The van der Waals surface area contributed by atoms with E-state index in [4.69, 9.17) is 4.74 Å². The van der Waals surface area contributed by atoms with E-state index in [-0.39, 0.29) is 11.8 Å². The van der Waals surface area contributed by atoms with E-state index < -0.39 is 0 Å². The van der Waals surface area contributed by atoms with Crippen LogP contribution in [-0.4, -0.2) is 50.5 Å². The molecule has 2 aromatic rings. The summed E-state index contributed by atoms with van der Waals surface area (Å²) in [4.78, 5) is 14.5. The predicted octanol–water partition coefficient (Wildman–Crippen LogP) is 0.986. The maximum atomic E-state index is 12.6. The summed E-state index contributed by atoms with van der Waals surface area (Å²) in [6.07, 6.45) is 4.91. The molecule has 116 valence electrons. The van der Waals surface area contributed by atoms with Crippen LogP contribution in [0, 0.1) is 0 Å². The fourth-order valence-electron chi connectivity index (χ4n) is 2.78. The Balaban J connectivity index is 1.86. The molecule has 1 atom stereocenters. The van der Waals surface area contributed by atoms with Crippen molar-refractivity contribution in [3.8, 4) is 0 Å². The van der Waals surface area contributed by atoms with Gasteiger partial charge in [0.25, 0.3) is 5.91 Å². The Kier molecular flexibility index (Phi) is 4.15. The van der Waals surface area contributed by atoms with Crippen molar-refractivity contribution >= 4 is 5.91 Å². The minimum Gasteiger partial charge on any atom is -0.381 e. The number of nitrogens with zero attached hydrogens (tertiary/aromatic N) is 5. The maximum absolute atomic E-state index is 12.6. The molecule has 0 fully saturated rings. The zero-order chi connectivity index (χ0) is 15.5. The number of carbonyl (C=O) groups is 1. The standard InChI is InChI=1S/C15H19N5O2/c1-3-22-10-12-8-20(9-14-13(12)7-18-19(14)2)15(21)11-4-5-16-17-6-11/h4-7,12H,3,8-10H2,1-2H3/t12-/m0/s1. The second kappa shape index (κ2) is 6.23. The molecular weight excluding hydrogens is 282 g/mol. The Morgan fingerprint density at radius 3 is 3.00 bits per heavy atom. The molecule has 0 spiro atoms. The zero-order valence-corrected chi connectivity index (χ0v) is 12.8. The number of hydrogen-bond donors (Lipinski definition) is 0. The van der Waals surface area contributed by atoms with Gasteiger partial charge in [-0.3, -0.25) is 9.48 Å². The van der Waals surface area contributed by atoms with Crippen LogP contribution in [0.1, 0.15) is 34.5 Å². The van der Waals surface area contributed by atoms with Crippen LogP contribution >= 0.6 is 0 Å². The lowest BCUT2D eigenvalue weighted by molar-refractivity contribution is 0.0648. The summed E-state index contributed by atoms with van der Waals surface area (Å²) < 4.78 is 7.41. The molecule has 3 rings (SSSR count). The van der Waals surface area contributed by atoms with Crippen LogP contribution in [0.3, 0.4) is 0 Å². The minimum absolute atomic E-state index is 0.0387. The summed E-state index contributed by atoms with van der Waals surface area (Å²) in [6.45, 7) is 4.40. The largest absolute Gasteiger partial charge is 0.381 e. The maximum Gasteiger partial charge on any atom is 0.255 e. The van der Waals surface area contributed by atoms with Gasteiger partial charge in [-0.25, -0.2) is 0 Å². The Labute approximate surface area is 128 Å². The molecule has 1 aliphatic rings. The van der Waals surface area contributed by atoms with Crippen LogP contribution in [0.15, 0.2) is 24.7 Å². The highest BCUT2D eigenvalue weighted by Gasteiger charge is 2.31. The normalized spacial score (nSPS) is 17.4. The first kappa shape index (κ1) is 14.6. The van der Waals surface area contributed by atoms with Gasteiger partial charge >= 0.3 is 0 Å². The molecular formula is C15H19N5O2. The van der Waals surface area contributed by atoms with E-state index in [1.807, 2.05) is 29.7 Å². The lowest BCUT2D eigenvalue weighted by atomic mass is 9.95. The molecule has 2 aromatic heterocycles. The highest BCUT2D eigenvalue weighted by molar-refractivity contribution is 5.93. The van der Waals surface area contributed by atoms with Crippen molar-refractivity contribution in [3.63, 3.8) is 0 Å². The number of carbonyl (C=O) groups excluding carboxylic acids is 1. The van der Waals surface area contributed by atoms with E-state index in [1.165, 1.54) is 18.0 Å². The van der Waals surface area contributed by atoms with Gasteiger partial charge in [-0.2, -0.15) is 15.3 Å². The highest BCUT2D eigenvalue weighted by Crippen LogP contribution is 2.29. The lowest BCUT2D eigenvalue weighted by Crippen LogP contribution is -2.40. The smallest absolute Gasteiger partial charge is 0.255 e. The van der Waals surface area contributed by atoms with E-state index in [0.29, 0.717) is 31.9 Å².